The highest BCUT2D eigenvalue weighted by Gasteiger charge is 2.44. The van der Waals surface area contributed by atoms with E-state index in [0.29, 0.717) is 34.3 Å². The molecule has 0 spiro atoms. The molecule has 3 heterocycles. The Balaban J connectivity index is 1.26. The van der Waals surface area contributed by atoms with Gasteiger partial charge in [0, 0.05) is 55.8 Å². The van der Waals surface area contributed by atoms with Crippen molar-refractivity contribution in [3.63, 3.8) is 0 Å². The molecule has 1 saturated carbocycles. The van der Waals surface area contributed by atoms with Crippen molar-refractivity contribution in [2.45, 2.75) is 6.42 Å². The predicted molar refractivity (Wildman–Crippen MR) is 122 cm³/mol. The number of carbonyl (C=O) groups excluding carboxylic acids is 1. The first-order chi connectivity index (χ1) is 15.5. The number of hydrogen-bond donors (Lipinski definition) is 2. The third-order valence-electron chi connectivity index (χ3n) is 6.60. The van der Waals surface area contributed by atoms with Crippen LogP contribution in [0.4, 0.5) is 10.2 Å². The van der Waals surface area contributed by atoms with Crippen molar-refractivity contribution in [2.75, 3.05) is 52.2 Å². The van der Waals surface area contributed by atoms with Gasteiger partial charge in [0.1, 0.15) is 23.0 Å². The van der Waals surface area contributed by atoms with E-state index in [1.165, 1.54) is 13.2 Å². The second-order valence-electron chi connectivity index (χ2n) is 8.81. The van der Waals surface area contributed by atoms with E-state index in [1.807, 2.05) is 6.07 Å². The summed E-state index contributed by atoms with van der Waals surface area (Å²) >= 11 is 0. The van der Waals surface area contributed by atoms with Gasteiger partial charge in [0.2, 0.25) is 5.91 Å². The van der Waals surface area contributed by atoms with Gasteiger partial charge in [-0.3, -0.25) is 4.79 Å². The molecular formula is C24H28FN5O2. The number of piperazine rings is 1. The number of nitrogens with one attached hydrogen (secondary N) is 2. The molecule has 3 aromatic rings. The molecule has 1 aliphatic carbocycles. The van der Waals surface area contributed by atoms with Crippen molar-refractivity contribution in [2.24, 2.45) is 11.8 Å². The van der Waals surface area contributed by atoms with Crippen LogP contribution in [0, 0.1) is 17.7 Å². The van der Waals surface area contributed by atoms with Crippen LogP contribution in [0.5, 0.6) is 5.75 Å². The maximum absolute atomic E-state index is 14.5. The highest BCUT2D eigenvalue weighted by Crippen LogP contribution is 2.40. The van der Waals surface area contributed by atoms with Crippen LogP contribution in [0.3, 0.4) is 0 Å². The van der Waals surface area contributed by atoms with Crippen molar-refractivity contribution in [1.29, 1.82) is 0 Å². The summed E-state index contributed by atoms with van der Waals surface area (Å²) in [5.41, 5.74) is 1.66. The first kappa shape index (κ1) is 20.9. The van der Waals surface area contributed by atoms with E-state index in [2.05, 4.69) is 32.1 Å². The maximum atomic E-state index is 14.5. The van der Waals surface area contributed by atoms with Crippen molar-refractivity contribution in [3.05, 3.63) is 42.3 Å². The number of benzene rings is 1. The van der Waals surface area contributed by atoms with Gasteiger partial charge in [0.25, 0.3) is 0 Å². The largest absolute Gasteiger partial charge is 0.496 e. The van der Waals surface area contributed by atoms with Gasteiger partial charge in [0.05, 0.1) is 12.7 Å². The Morgan fingerprint density at radius 1 is 1.25 bits per heavy atom. The Labute approximate surface area is 186 Å². The van der Waals surface area contributed by atoms with E-state index in [-0.39, 0.29) is 17.6 Å². The highest BCUT2D eigenvalue weighted by atomic mass is 19.1. The minimum atomic E-state index is -0.359. The van der Waals surface area contributed by atoms with Crippen LogP contribution in [0.1, 0.15) is 6.42 Å². The molecule has 1 aliphatic heterocycles. The molecule has 1 amide bonds. The summed E-state index contributed by atoms with van der Waals surface area (Å²) in [5, 5.41) is 3.73. The van der Waals surface area contributed by atoms with Gasteiger partial charge in [-0.25, -0.2) is 9.37 Å². The zero-order valence-corrected chi connectivity index (χ0v) is 18.4. The number of amides is 1. The predicted octanol–water partition coefficient (Wildman–Crippen LogP) is 3.20. The number of methoxy groups -OCH3 is 1. The van der Waals surface area contributed by atoms with E-state index >= 15 is 0 Å². The average Bonchev–Trinajstić information content (AvgIpc) is 3.44. The number of rotatable bonds is 6. The maximum Gasteiger partial charge on any atom is 0.228 e. The highest BCUT2D eigenvalue weighted by molar-refractivity contribution is 5.98. The normalized spacial score (nSPS) is 21.6. The summed E-state index contributed by atoms with van der Waals surface area (Å²) in [4.78, 5) is 25.1. The summed E-state index contributed by atoms with van der Waals surface area (Å²) in [7, 11) is 3.67. The molecule has 8 heteroatoms. The number of hydrogen-bond acceptors (Lipinski definition) is 5. The van der Waals surface area contributed by atoms with Crippen LogP contribution in [-0.2, 0) is 4.79 Å². The van der Waals surface area contributed by atoms with Crippen LogP contribution in [0.25, 0.3) is 22.2 Å². The molecular weight excluding hydrogens is 409 g/mol. The lowest BCUT2D eigenvalue weighted by Crippen LogP contribution is -2.45. The molecule has 2 aromatic heterocycles. The topological polar surface area (TPSA) is 73.5 Å². The zero-order valence-electron chi connectivity index (χ0n) is 18.4. The van der Waals surface area contributed by atoms with Gasteiger partial charge in [-0.15, -0.1) is 0 Å². The molecule has 2 aliphatic rings. The minimum Gasteiger partial charge on any atom is -0.496 e. The van der Waals surface area contributed by atoms with Crippen LogP contribution in [-0.4, -0.2) is 72.6 Å². The Kier molecular flexibility index (Phi) is 5.57. The summed E-state index contributed by atoms with van der Waals surface area (Å²) in [6.07, 6.45) is 2.65. The van der Waals surface area contributed by atoms with E-state index in [1.54, 1.807) is 24.4 Å². The third kappa shape index (κ3) is 4.08. The molecule has 2 atom stereocenters. The van der Waals surface area contributed by atoms with Crippen LogP contribution in [0.15, 0.2) is 36.5 Å². The molecule has 7 nitrogen and oxygen atoms in total. The van der Waals surface area contributed by atoms with Crippen LogP contribution >= 0.6 is 0 Å². The number of pyridine rings is 1. The lowest BCUT2D eigenvalue weighted by Gasteiger charge is -2.32. The van der Waals surface area contributed by atoms with E-state index in [4.69, 9.17) is 4.74 Å². The van der Waals surface area contributed by atoms with Gasteiger partial charge >= 0.3 is 0 Å². The fraction of sp³-hybridized carbons (Fsp3) is 0.417. The van der Waals surface area contributed by atoms with Crippen molar-refractivity contribution in [1.82, 2.24) is 19.8 Å². The number of H-pyrrole nitrogens is 1. The molecule has 1 saturated heterocycles. The fourth-order valence-electron chi connectivity index (χ4n) is 4.57. The Morgan fingerprint density at radius 3 is 2.84 bits per heavy atom. The molecule has 2 unspecified atom stereocenters. The van der Waals surface area contributed by atoms with Gasteiger partial charge in [-0.1, -0.05) is 6.07 Å². The molecule has 0 radical (unpaired) electrons. The lowest BCUT2D eigenvalue weighted by atomic mass is 10.0. The lowest BCUT2D eigenvalue weighted by molar-refractivity contribution is -0.117. The van der Waals surface area contributed by atoms with E-state index < -0.39 is 0 Å². The Hall–Kier alpha value is -2.97. The molecule has 1 aromatic carbocycles. The monoisotopic (exact) mass is 437 g/mol. The number of anilines is 1. The van der Waals surface area contributed by atoms with E-state index in [9.17, 15) is 9.18 Å². The van der Waals surface area contributed by atoms with Gasteiger partial charge in [0.15, 0.2) is 0 Å². The molecule has 2 N–H and O–H groups in total. The number of carbonyl (C=O) groups is 1. The summed E-state index contributed by atoms with van der Waals surface area (Å²) in [6, 6.07) is 8.38. The SMILES string of the molecule is COc1cccc(F)c1-c1c[nH]c2nc(NC(=O)C3CC3CN3CCN(C)CC3)ccc12. The second-order valence-corrected chi connectivity index (χ2v) is 8.81. The zero-order chi connectivity index (χ0) is 22.2. The molecule has 168 valence electrons. The minimum absolute atomic E-state index is 0.0264. The first-order valence-corrected chi connectivity index (χ1v) is 11.1. The van der Waals surface area contributed by atoms with Gasteiger partial charge < -0.3 is 24.8 Å². The number of nitrogens with zero attached hydrogens (tertiary/aromatic N) is 3. The number of halogens is 1. The first-order valence-electron chi connectivity index (χ1n) is 11.1. The Morgan fingerprint density at radius 2 is 2.06 bits per heavy atom. The van der Waals surface area contributed by atoms with E-state index in [0.717, 1.165) is 44.5 Å². The number of fused-ring (bicyclic) bond motifs is 1. The third-order valence-corrected chi connectivity index (χ3v) is 6.60. The fourth-order valence-corrected chi connectivity index (χ4v) is 4.57. The number of aromatic nitrogens is 2. The van der Waals surface area contributed by atoms with Crippen LogP contribution < -0.4 is 10.1 Å². The standard InChI is InChI=1S/C24H28FN5O2/c1-29-8-10-30(11-9-29)14-15-12-17(15)24(31)28-21-7-6-16-18(13-26-23(16)27-21)22-19(25)4-3-5-20(22)32-2/h3-7,13,15,17H,8-12,14H2,1-2H3,(H2,26,27,28,31). The molecule has 0 bridgehead atoms. The van der Waals surface area contributed by atoms with Gasteiger partial charge in [-0.05, 0) is 43.7 Å². The number of likely N-dealkylation sites (N-methyl/N-ethyl adjacent to an activating group) is 1. The summed E-state index contributed by atoms with van der Waals surface area (Å²) in [6.45, 7) is 5.31. The van der Waals surface area contributed by atoms with Gasteiger partial charge in [-0.2, -0.15) is 0 Å². The summed E-state index contributed by atoms with van der Waals surface area (Å²) in [5.74, 6) is 1.10. The van der Waals surface area contributed by atoms with Crippen LogP contribution in [0.2, 0.25) is 0 Å². The summed E-state index contributed by atoms with van der Waals surface area (Å²) < 4.78 is 19.9. The van der Waals surface area contributed by atoms with Crippen molar-refractivity contribution < 1.29 is 13.9 Å². The second kappa shape index (κ2) is 8.52. The smallest absolute Gasteiger partial charge is 0.228 e. The van der Waals surface area contributed by atoms with Crippen molar-refractivity contribution >= 4 is 22.8 Å². The molecule has 5 rings (SSSR count). The molecule has 2 fully saturated rings. The Bertz CT molecular complexity index is 1140. The quantitative estimate of drug-likeness (QED) is 0.620. The molecule has 32 heavy (non-hydrogen) atoms. The number of ether oxygens (including phenoxy) is 1. The van der Waals surface area contributed by atoms with Crippen molar-refractivity contribution in [3.8, 4) is 16.9 Å². The number of aromatic amines is 1. The average molecular weight is 438 g/mol.